The predicted octanol–water partition coefficient (Wildman–Crippen LogP) is -0.184. The molecule has 1 unspecified atom stereocenters. The quantitative estimate of drug-likeness (QED) is 0.303. The van der Waals surface area contributed by atoms with Gasteiger partial charge in [0.05, 0.1) is 12.6 Å². The summed E-state index contributed by atoms with van der Waals surface area (Å²) in [6.45, 7) is 7.20. The molecule has 0 aromatic rings. The summed E-state index contributed by atoms with van der Waals surface area (Å²) in [5, 5.41) is 14.8. The van der Waals surface area contributed by atoms with Crippen LogP contribution in [0.25, 0.3) is 0 Å². The van der Waals surface area contributed by atoms with Crippen molar-refractivity contribution in [3.8, 4) is 0 Å². The number of methoxy groups -OCH3 is 1. The van der Waals surface area contributed by atoms with Crippen molar-refractivity contribution in [2.45, 2.75) is 18.7 Å². The number of likely N-dealkylation sites (N-methyl/N-ethyl adjacent to an activating group) is 1. The van der Waals surface area contributed by atoms with E-state index in [9.17, 15) is 9.90 Å². The minimum atomic E-state index is -0.911. The SMILES string of the molecule is C=N/C=C\C(=C)C[C@H](NC(O)COC)C(=O)NC. The molecular weight excluding hydrogens is 234 g/mol. The van der Waals surface area contributed by atoms with E-state index in [1.165, 1.54) is 20.4 Å². The largest absolute Gasteiger partial charge is 0.381 e. The minimum Gasteiger partial charge on any atom is -0.381 e. The molecule has 6 heteroatoms. The van der Waals surface area contributed by atoms with E-state index >= 15 is 0 Å². The standard InChI is InChI=1S/C12H21N3O3/c1-9(5-6-13-2)7-10(12(17)14-3)15-11(16)8-18-4/h5-6,10-11,15-16H,1-2,7-8H2,3-4H3,(H,14,17)/b6-5-/t10-,11?/m0/s1. The number of hydrogen-bond donors (Lipinski definition) is 3. The summed E-state index contributed by atoms with van der Waals surface area (Å²) in [7, 11) is 3.00. The lowest BCUT2D eigenvalue weighted by Gasteiger charge is -2.21. The summed E-state index contributed by atoms with van der Waals surface area (Å²) in [4.78, 5) is 15.2. The Balaban J connectivity index is 4.49. The molecule has 0 rings (SSSR count). The van der Waals surface area contributed by atoms with E-state index in [0.29, 0.717) is 12.0 Å². The molecule has 0 spiro atoms. The Morgan fingerprint density at radius 1 is 1.61 bits per heavy atom. The van der Waals surface area contributed by atoms with E-state index < -0.39 is 12.3 Å². The fourth-order valence-electron chi connectivity index (χ4n) is 1.33. The number of amides is 1. The first-order chi connectivity index (χ1) is 8.54. The van der Waals surface area contributed by atoms with Crippen molar-refractivity contribution in [3.05, 3.63) is 24.4 Å². The maximum atomic E-state index is 11.6. The highest BCUT2D eigenvalue weighted by molar-refractivity contribution is 5.81. The van der Waals surface area contributed by atoms with E-state index in [0.717, 1.165) is 0 Å². The molecule has 1 amide bonds. The minimum absolute atomic E-state index is 0.101. The van der Waals surface area contributed by atoms with E-state index in [-0.39, 0.29) is 12.5 Å². The Labute approximate surface area is 107 Å². The third kappa shape index (κ3) is 6.95. The summed E-state index contributed by atoms with van der Waals surface area (Å²) in [5.41, 5.74) is 0.702. The van der Waals surface area contributed by atoms with E-state index in [4.69, 9.17) is 4.74 Å². The number of carbonyl (C=O) groups excluding carboxylic acids is 1. The first kappa shape index (κ1) is 16.5. The molecule has 0 saturated carbocycles. The molecule has 6 nitrogen and oxygen atoms in total. The van der Waals surface area contributed by atoms with Gasteiger partial charge in [0.2, 0.25) is 5.91 Å². The van der Waals surface area contributed by atoms with Crippen molar-refractivity contribution < 1.29 is 14.6 Å². The van der Waals surface area contributed by atoms with Gasteiger partial charge in [-0.2, -0.15) is 0 Å². The van der Waals surface area contributed by atoms with Gasteiger partial charge in [0.1, 0.15) is 6.23 Å². The zero-order valence-electron chi connectivity index (χ0n) is 10.8. The Bertz CT molecular complexity index is 316. The molecule has 102 valence electrons. The molecule has 0 heterocycles. The van der Waals surface area contributed by atoms with Crippen LogP contribution in [-0.2, 0) is 9.53 Å². The van der Waals surface area contributed by atoms with Crippen LogP contribution in [0.2, 0.25) is 0 Å². The van der Waals surface area contributed by atoms with Gasteiger partial charge < -0.3 is 15.2 Å². The second-order valence-corrected chi connectivity index (χ2v) is 3.67. The van der Waals surface area contributed by atoms with Crippen molar-refractivity contribution in [3.63, 3.8) is 0 Å². The van der Waals surface area contributed by atoms with Gasteiger partial charge in [-0.15, -0.1) is 0 Å². The Hall–Kier alpha value is -1.50. The lowest BCUT2D eigenvalue weighted by Crippen LogP contribution is -2.49. The van der Waals surface area contributed by atoms with Gasteiger partial charge in [0.25, 0.3) is 0 Å². The number of aliphatic hydroxyl groups excluding tert-OH is 1. The van der Waals surface area contributed by atoms with Crippen LogP contribution >= 0.6 is 0 Å². The van der Waals surface area contributed by atoms with E-state index in [1.54, 1.807) is 6.08 Å². The highest BCUT2D eigenvalue weighted by atomic mass is 16.5. The fraction of sp³-hybridized carbons (Fsp3) is 0.500. The third-order valence-corrected chi connectivity index (χ3v) is 2.16. The molecule has 0 bridgehead atoms. The van der Waals surface area contributed by atoms with Crippen molar-refractivity contribution in [1.82, 2.24) is 10.6 Å². The summed E-state index contributed by atoms with van der Waals surface area (Å²) in [5.74, 6) is -0.230. The van der Waals surface area contributed by atoms with Gasteiger partial charge >= 0.3 is 0 Å². The Morgan fingerprint density at radius 3 is 2.78 bits per heavy atom. The second-order valence-electron chi connectivity index (χ2n) is 3.67. The van der Waals surface area contributed by atoms with Gasteiger partial charge in [-0.3, -0.25) is 15.1 Å². The monoisotopic (exact) mass is 255 g/mol. The number of ether oxygens (including phenoxy) is 1. The maximum absolute atomic E-state index is 11.6. The van der Waals surface area contributed by atoms with Gasteiger partial charge in [-0.05, 0) is 19.2 Å². The molecule has 0 aliphatic rings. The van der Waals surface area contributed by atoms with Crippen LogP contribution in [0.5, 0.6) is 0 Å². The zero-order chi connectivity index (χ0) is 14.0. The highest BCUT2D eigenvalue weighted by Gasteiger charge is 2.20. The first-order valence-electron chi connectivity index (χ1n) is 5.50. The van der Waals surface area contributed by atoms with Crippen molar-refractivity contribution >= 4 is 12.6 Å². The van der Waals surface area contributed by atoms with Crippen LogP contribution in [0.15, 0.2) is 29.4 Å². The van der Waals surface area contributed by atoms with Crippen molar-refractivity contribution in [2.24, 2.45) is 4.99 Å². The smallest absolute Gasteiger partial charge is 0.237 e. The van der Waals surface area contributed by atoms with Crippen LogP contribution in [0.3, 0.4) is 0 Å². The number of allylic oxidation sites excluding steroid dienone is 1. The van der Waals surface area contributed by atoms with Gasteiger partial charge in [-0.25, -0.2) is 0 Å². The number of nitrogens with zero attached hydrogens (tertiary/aromatic N) is 1. The zero-order valence-corrected chi connectivity index (χ0v) is 10.8. The van der Waals surface area contributed by atoms with Crippen LogP contribution in [0.1, 0.15) is 6.42 Å². The molecule has 0 aliphatic carbocycles. The molecule has 0 saturated heterocycles. The summed E-state index contributed by atoms with van der Waals surface area (Å²) in [6, 6.07) is -0.581. The number of aliphatic hydroxyl groups is 1. The van der Waals surface area contributed by atoms with Crippen LogP contribution in [0.4, 0.5) is 0 Å². The Morgan fingerprint density at radius 2 is 2.28 bits per heavy atom. The molecule has 3 N–H and O–H groups in total. The van der Waals surface area contributed by atoms with Crippen LogP contribution in [0, 0.1) is 0 Å². The fourth-order valence-corrected chi connectivity index (χ4v) is 1.33. The van der Waals surface area contributed by atoms with E-state index in [2.05, 4.69) is 28.9 Å². The Kier molecular flexibility index (Phi) is 8.73. The number of hydrogen-bond acceptors (Lipinski definition) is 5. The third-order valence-electron chi connectivity index (χ3n) is 2.16. The second kappa shape index (κ2) is 9.52. The molecular formula is C12H21N3O3. The normalized spacial score (nSPS) is 14.2. The summed E-state index contributed by atoms with van der Waals surface area (Å²) in [6.07, 6.45) is 2.60. The molecule has 0 aromatic carbocycles. The van der Waals surface area contributed by atoms with Crippen LogP contribution in [-0.4, -0.2) is 50.8 Å². The molecule has 0 radical (unpaired) electrons. The average molecular weight is 255 g/mol. The number of rotatable bonds is 9. The molecule has 0 fully saturated rings. The van der Waals surface area contributed by atoms with Crippen molar-refractivity contribution in [1.29, 1.82) is 0 Å². The topological polar surface area (TPSA) is 83.0 Å². The lowest BCUT2D eigenvalue weighted by molar-refractivity contribution is -0.123. The van der Waals surface area contributed by atoms with Gasteiger partial charge in [-0.1, -0.05) is 12.2 Å². The number of nitrogens with one attached hydrogen (secondary N) is 2. The number of aliphatic imine (C=N–C) groups is 1. The molecule has 2 atom stereocenters. The maximum Gasteiger partial charge on any atom is 0.237 e. The van der Waals surface area contributed by atoms with E-state index in [1.807, 2.05) is 0 Å². The van der Waals surface area contributed by atoms with Gasteiger partial charge in [0, 0.05) is 20.4 Å². The molecule has 0 aromatic heterocycles. The number of carbonyl (C=O) groups is 1. The first-order valence-corrected chi connectivity index (χ1v) is 5.50. The summed E-state index contributed by atoms with van der Waals surface area (Å²) < 4.78 is 4.78. The molecule has 0 aliphatic heterocycles. The van der Waals surface area contributed by atoms with Crippen LogP contribution < -0.4 is 10.6 Å². The predicted molar refractivity (Wildman–Crippen MR) is 71.3 cm³/mol. The van der Waals surface area contributed by atoms with Gasteiger partial charge in [0.15, 0.2) is 0 Å². The molecule has 18 heavy (non-hydrogen) atoms. The van der Waals surface area contributed by atoms with Crippen molar-refractivity contribution in [2.75, 3.05) is 20.8 Å². The lowest BCUT2D eigenvalue weighted by atomic mass is 10.1. The average Bonchev–Trinajstić information content (AvgIpc) is 2.34. The highest BCUT2D eigenvalue weighted by Crippen LogP contribution is 2.06. The summed E-state index contributed by atoms with van der Waals surface area (Å²) >= 11 is 0.